The van der Waals surface area contributed by atoms with Crippen LogP contribution in [-0.4, -0.2) is 34.5 Å². The van der Waals surface area contributed by atoms with E-state index in [2.05, 4.69) is 11.6 Å². The normalized spacial score (nSPS) is 16.1. The molecule has 0 atom stereocenters. The second-order valence-electron chi connectivity index (χ2n) is 4.86. The molecule has 0 spiro atoms. The molecular formula is C15H17NO3S. The SMILES string of the molecule is CSC1(CNC(=O)c2ccc(/C=C/C(=O)O)cc2)CC1. The summed E-state index contributed by atoms with van der Waals surface area (Å²) >= 11 is 1.81. The first-order chi connectivity index (χ1) is 9.54. The van der Waals surface area contributed by atoms with E-state index in [1.807, 2.05) is 11.8 Å². The molecule has 1 saturated carbocycles. The number of aliphatic carboxylic acids is 1. The molecule has 0 bridgehead atoms. The highest BCUT2D eigenvalue weighted by atomic mass is 32.2. The van der Waals surface area contributed by atoms with Gasteiger partial charge in [0.2, 0.25) is 0 Å². The summed E-state index contributed by atoms with van der Waals surface area (Å²) in [6.45, 7) is 0.702. The summed E-state index contributed by atoms with van der Waals surface area (Å²) in [6, 6.07) is 6.87. The molecule has 0 radical (unpaired) electrons. The van der Waals surface area contributed by atoms with Gasteiger partial charge in [0.25, 0.3) is 5.91 Å². The molecule has 5 heteroatoms. The number of carbonyl (C=O) groups is 2. The number of amides is 1. The Morgan fingerprint density at radius 3 is 2.50 bits per heavy atom. The van der Waals surface area contributed by atoms with Crippen LogP contribution < -0.4 is 5.32 Å². The number of rotatable bonds is 6. The Balaban J connectivity index is 1.92. The van der Waals surface area contributed by atoms with Crippen molar-refractivity contribution in [3.05, 3.63) is 41.5 Å². The van der Waals surface area contributed by atoms with Crippen molar-refractivity contribution in [1.82, 2.24) is 5.32 Å². The molecule has 1 aromatic carbocycles. The molecule has 1 aromatic rings. The van der Waals surface area contributed by atoms with Crippen molar-refractivity contribution >= 4 is 29.7 Å². The van der Waals surface area contributed by atoms with E-state index in [9.17, 15) is 9.59 Å². The summed E-state index contributed by atoms with van der Waals surface area (Å²) in [5, 5.41) is 11.5. The Kier molecular flexibility index (Phi) is 4.49. The second-order valence-corrected chi connectivity index (χ2v) is 6.14. The van der Waals surface area contributed by atoms with Crippen LogP contribution >= 0.6 is 11.8 Å². The van der Waals surface area contributed by atoms with E-state index in [-0.39, 0.29) is 10.7 Å². The molecule has 0 aliphatic heterocycles. The van der Waals surface area contributed by atoms with Crippen molar-refractivity contribution in [2.75, 3.05) is 12.8 Å². The third-order valence-electron chi connectivity index (χ3n) is 3.40. The Morgan fingerprint density at radius 2 is 2.00 bits per heavy atom. The summed E-state index contributed by atoms with van der Waals surface area (Å²) < 4.78 is 0.250. The van der Waals surface area contributed by atoms with Crippen molar-refractivity contribution in [3.8, 4) is 0 Å². The summed E-state index contributed by atoms with van der Waals surface area (Å²) in [5.41, 5.74) is 1.35. The van der Waals surface area contributed by atoms with E-state index in [1.165, 1.54) is 6.08 Å². The topological polar surface area (TPSA) is 66.4 Å². The highest BCUT2D eigenvalue weighted by Gasteiger charge is 2.41. The van der Waals surface area contributed by atoms with Crippen LogP contribution in [-0.2, 0) is 4.79 Å². The van der Waals surface area contributed by atoms with Crippen LogP contribution in [0.3, 0.4) is 0 Å². The van der Waals surface area contributed by atoms with Gasteiger partial charge in [0.05, 0.1) is 0 Å². The van der Waals surface area contributed by atoms with Crippen molar-refractivity contribution in [2.24, 2.45) is 0 Å². The van der Waals surface area contributed by atoms with Gasteiger partial charge in [0, 0.05) is 22.9 Å². The van der Waals surface area contributed by atoms with Crippen molar-refractivity contribution < 1.29 is 14.7 Å². The quantitative estimate of drug-likeness (QED) is 0.790. The minimum Gasteiger partial charge on any atom is -0.478 e. The number of benzene rings is 1. The zero-order valence-electron chi connectivity index (χ0n) is 11.3. The van der Waals surface area contributed by atoms with Gasteiger partial charge in [0.1, 0.15) is 0 Å². The summed E-state index contributed by atoms with van der Waals surface area (Å²) in [5.74, 6) is -1.07. The van der Waals surface area contributed by atoms with E-state index in [0.717, 1.165) is 24.5 Å². The zero-order chi connectivity index (χ0) is 14.6. The third kappa shape index (κ3) is 3.87. The molecule has 2 rings (SSSR count). The molecule has 0 aromatic heterocycles. The number of carboxylic acids is 1. The van der Waals surface area contributed by atoms with Crippen molar-refractivity contribution in [3.63, 3.8) is 0 Å². The van der Waals surface area contributed by atoms with Gasteiger partial charge in [-0.2, -0.15) is 11.8 Å². The lowest BCUT2D eigenvalue weighted by molar-refractivity contribution is -0.131. The van der Waals surface area contributed by atoms with Gasteiger partial charge in [-0.15, -0.1) is 0 Å². The number of thioether (sulfide) groups is 1. The summed E-state index contributed by atoms with van der Waals surface area (Å²) in [7, 11) is 0. The van der Waals surface area contributed by atoms with Crippen LogP contribution in [0.1, 0.15) is 28.8 Å². The smallest absolute Gasteiger partial charge is 0.328 e. The van der Waals surface area contributed by atoms with Gasteiger partial charge >= 0.3 is 5.97 Å². The predicted octanol–water partition coefficient (Wildman–Crippen LogP) is 2.41. The molecule has 4 nitrogen and oxygen atoms in total. The van der Waals surface area contributed by atoms with Crippen LogP contribution in [0, 0.1) is 0 Å². The largest absolute Gasteiger partial charge is 0.478 e. The fourth-order valence-corrected chi connectivity index (χ4v) is 2.58. The Morgan fingerprint density at radius 1 is 1.35 bits per heavy atom. The van der Waals surface area contributed by atoms with Crippen LogP contribution in [0.25, 0.3) is 6.08 Å². The highest BCUT2D eigenvalue weighted by molar-refractivity contribution is 8.00. The average molecular weight is 291 g/mol. The average Bonchev–Trinajstić information content (AvgIpc) is 3.24. The molecule has 0 heterocycles. The lowest BCUT2D eigenvalue weighted by Crippen LogP contribution is -2.31. The zero-order valence-corrected chi connectivity index (χ0v) is 12.1. The molecule has 0 unspecified atom stereocenters. The first kappa shape index (κ1) is 14.7. The van der Waals surface area contributed by atoms with Gasteiger partial charge in [-0.25, -0.2) is 4.79 Å². The molecule has 20 heavy (non-hydrogen) atoms. The maximum atomic E-state index is 12.0. The fraction of sp³-hybridized carbons (Fsp3) is 0.333. The number of nitrogens with one attached hydrogen (secondary N) is 1. The lowest BCUT2D eigenvalue weighted by atomic mass is 10.1. The Labute approximate surface area is 122 Å². The first-order valence-corrected chi connectivity index (χ1v) is 7.62. The molecule has 1 fully saturated rings. The molecular weight excluding hydrogens is 274 g/mol. The van der Waals surface area contributed by atoms with Gasteiger partial charge in [0.15, 0.2) is 0 Å². The second kappa shape index (κ2) is 6.13. The molecule has 2 N–H and O–H groups in total. The number of hydrogen-bond acceptors (Lipinski definition) is 3. The monoisotopic (exact) mass is 291 g/mol. The molecule has 1 aliphatic carbocycles. The molecule has 0 saturated heterocycles. The van der Waals surface area contributed by atoms with Gasteiger partial charge in [-0.1, -0.05) is 12.1 Å². The summed E-state index contributed by atoms with van der Waals surface area (Å²) in [6.07, 6.45) is 6.96. The molecule has 1 aliphatic rings. The van der Waals surface area contributed by atoms with E-state index >= 15 is 0 Å². The van der Waals surface area contributed by atoms with Crippen LogP contribution in [0.15, 0.2) is 30.3 Å². The minimum absolute atomic E-state index is 0.0842. The van der Waals surface area contributed by atoms with Gasteiger partial charge < -0.3 is 10.4 Å². The maximum Gasteiger partial charge on any atom is 0.328 e. The van der Waals surface area contributed by atoms with Gasteiger partial charge in [-0.05, 0) is 42.9 Å². The fourth-order valence-electron chi connectivity index (χ4n) is 1.85. The van der Waals surface area contributed by atoms with Crippen LogP contribution in [0.4, 0.5) is 0 Å². The predicted molar refractivity (Wildman–Crippen MR) is 80.9 cm³/mol. The molecule has 1 amide bonds. The maximum absolute atomic E-state index is 12.0. The standard InChI is InChI=1S/C15H17NO3S/c1-20-15(8-9-15)10-16-14(19)12-5-2-11(3-6-12)4-7-13(17)18/h2-7H,8-10H2,1H3,(H,16,19)(H,17,18)/b7-4+. The van der Waals surface area contributed by atoms with Gasteiger partial charge in [-0.3, -0.25) is 4.79 Å². The Hall–Kier alpha value is -1.75. The number of carboxylic acid groups (broad SMARTS) is 1. The minimum atomic E-state index is -0.987. The number of carbonyl (C=O) groups excluding carboxylic acids is 1. The lowest BCUT2D eigenvalue weighted by Gasteiger charge is -2.13. The van der Waals surface area contributed by atoms with Crippen molar-refractivity contribution in [2.45, 2.75) is 17.6 Å². The van der Waals surface area contributed by atoms with E-state index in [4.69, 9.17) is 5.11 Å². The highest BCUT2D eigenvalue weighted by Crippen LogP contribution is 2.46. The third-order valence-corrected chi connectivity index (χ3v) is 4.82. The Bertz CT molecular complexity index is 533. The van der Waals surface area contributed by atoms with E-state index in [0.29, 0.717) is 12.1 Å². The van der Waals surface area contributed by atoms with E-state index in [1.54, 1.807) is 24.3 Å². The van der Waals surface area contributed by atoms with Crippen LogP contribution in [0.2, 0.25) is 0 Å². The van der Waals surface area contributed by atoms with Crippen LogP contribution in [0.5, 0.6) is 0 Å². The number of hydrogen-bond donors (Lipinski definition) is 2. The van der Waals surface area contributed by atoms with E-state index < -0.39 is 5.97 Å². The molecule has 106 valence electrons. The summed E-state index contributed by atoms with van der Waals surface area (Å²) in [4.78, 5) is 22.4. The van der Waals surface area contributed by atoms with Crippen molar-refractivity contribution in [1.29, 1.82) is 0 Å². The first-order valence-electron chi connectivity index (χ1n) is 6.39.